The number of nitrogens with zero attached hydrogens (tertiary/aromatic N) is 1. The van der Waals surface area contributed by atoms with Crippen LogP contribution in [0.5, 0.6) is 0 Å². The van der Waals surface area contributed by atoms with Crippen molar-refractivity contribution >= 4 is 17.9 Å². The predicted octanol–water partition coefficient (Wildman–Crippen LogP) is 15.8. The average molecular weight is 893 g/mol. The van der Waals surface area contributed by atoms with Gasteiger partial charge in [0.1, 0.15) is 6.61 Å². The van der Waals surface area contributed by atoms with Crippen molar-refractivity contribution in [2.75, 3.05) is 41.0 Å². The summed E-state index contributed by atoms with van der Waals surface area (Å²) in [5, 5.41) is 9.65. The van der Waals surface area contributed by atoms with Gasteiger partial charge in [-0.2, -0.15) is 0 Å². The van der Waals surface area contributed by atoms with Crippen LogP contribution in [0.1, 0.15) is 271 Å². The molecule has 2 unspecified atom stereocenters. The van der Waals surface area contributed by atoms with Crippen LogP contribution in [0.2, 0.25) is 0 Å². The minimum absolute atomic E-state index is 0.0476. The van der Waals surface area contributed by atoms with Crippen LogP contribution in [0.4, 0.5) is 0 Å². The number of carbonyl (C=O) groups excluding carboxylic acids is 2. The maximum Gasteiger partial charge on any atom is 0.362 e. The molecule has 0 saturated carbocycles. The monoisotopic (exact) mass is 893 g/mol. The number of carbonyl (C=O) groups is 3. The van der Waals surface area contributed by atoms with E-state index in [0.29, 0.717) is 19.3 Å². The van der Waals surface area contributed by atoms with Gasteiger partial charge in [0, 0.05) is 19.3 Å². The number of likely N-dealkylation sites (N-methyl/N-ethyl adjacent to an activating group) is 1. The quantitative estimate of drug-likeness (QED) is 0.0281. The predicted molar refractivity (Wildman–Crippen MR) is 266 cm³/mol. The molecule has 0 radical (unpaired) electrons. The summed E-state index contributed by atoms with van der Waals surface area (Å²) in [7, 11) is 5.55. The highest BCUT2D eigenvalue weighted by molar-refractivity contribution is 5.72. The molecule has 0 aliphatic heterocycles. The zero-order valence-corrected chi connectivity index (χ0v) is 42.6. The van der Waals surface area contributed by atoms with Crippen LogP contribution < -0.4 is 0 Å². The summed E-state index contributed by atoms with van der Waals surface area (Å²) in [4.78, 5) is 37.2. The van der Waals surface area contributed by atoms with Gasteiger partial charge in [-0.25, -0.2) is 4.79 Å². The number of aliphatic carboxylic acids is 1. The summed E-state index contributed by atoms with van der Waals surface area (Å²) in [6.45, 7) is 4.78. The van der Waals surface area contributed by atoms with Gasteiger partial charge in [-0.15, -0.1) is 0 Å². The fraction of sp³-hybridized carbons (Fsp3) is 0.909. The number of hydrogen-bond acceptors (Lipinski definition) is 6. The summed E-state index contributed by atoms with van der Waals surface area (Å²) in [6, 6.07) is -0.613. The number of unbranched alkanes of at least 4 members (excludes halogenated alkanes) is 34. The summed E-state index contributed by atoms with van der Waals surface area (Å²) in [5.74, 6) is -1.45. The van der Waals surface area contributed by atoms with Crippen LogP contribution in [0.3, 0.4) is 0 Å². The van der Waals surface area contributed by atoms with E-state index in [1.54, 1.807) is 0 Å². The molecule has 0 aliphatic carbocycles. The molecule has 0 heterocycles. The lowest BCUT2D eigenvalue weighted by atomic mass is 10.0. The van der Waals surface area contributed by atoms with Crippen molar-refractivity contribution in [1.82, 2.24) is 0 Å². The van der Waals surface area contributed by atoms with Crippen molar-refractivity contribution in [3.05, 3.63) is 12.2 Å². The van der Waals surface area contributed by atoms with Crippen LogP contribution >= 0.6 is 0 Å². The van der Waals surface area contributed by atoms with E-state index in [9.17, 15) is 19.5 Å². The lowest BCUT2D eigenvalue weighted by molar-refractivity contribution is -0.887. The molecule has 0 saturated heterocycles. The lowest BCUT2D eigenvalue weighted by Crippen LogP contribution is -2.50. The number of rotatable bonds is 50. The molecule has 0 amide bonds. The molecular weight excluding hydrogens is 787 g/mol. The molecule has 1 N–H and O–H groups in total. The number of carboxylic acid groups (broad SMARTS) is 1. The van der Waals surface area contributed by atoms with Gasteiger partial charge in [-0.3, -0.25) is 9.59 Å². The maximum atomic E-state index is 12.8. The van der Waals surface area contributed by atoms with Crippen LogP contribution in [0, 0.1) is 0 Å². The first-order chi connectivity index (χ1) is 30.6. The third kappa shape index (κ3) is 45.0. The summed E-state index contributed by atoms with van der Waals surface area (Å²) in [5.41, 5.74) is 0. The molecule has 0 aromatic carbocycles. The van der Waals surface area contributed by atoms with Gasteiger partial charge in [-0.05, 0) is 38.5 Å². The Hall–Kier alpha value is -1.93. The zero-order chi connectivity index (χ0) is 46.3. The molecule has 0 aromatic heterocycles. The smallest absolute Gasteiger partial charge is 0.362 e. The van der Waals surface area contributed by atoms with Gasteiger partial charge in [0.05, 0.1) is 34.4 Å². The van der Waals surface area contributed by atoms with Gasteiger partial charge >= 0.3 is 17.9 Å². The molecule has 2 atom stereocenters. The van der Waals surface area contributed by atoms with Crippen LogP contribution in [0.25, 0.3) is 0 Å². The highest BCUT2D eigenvalue weighted by Gasteiger charge is 2.31. The molecule has 0 spiro atoms. The van der Waals surface area contributed by atoms with E-state index in [0.717, 1.165) is 51.4 Å². The summed E-state index contributed by atoms with van der Waals surface area (Å²) < 4.78 is 17.4. The number of quaternary nitrogens is 1. The zero-order valence-electron chi connectivity index (χ0n) is 42.6. The molecule has 0 aromatic rings. The Morgan fingerprint density at radius 3 is 1.14 bits per heavy atom. The fourth-order valence-corrected chi connectivity index (χ4v) is 8.44. The lowest BCUT2D eigenvalue weighted by Gasteiger charge is -2.31. The second kappa shape index (κ2) is 46.6. The van der Waals surface area contributed by atoms with E-state index in [2.05, 4.69) is 26.0 Å². The first-order valence-corrected chi connectivity index (χ1v) is 27.2. The minimum Gasteiger partial charge on any atom is -0.477 e. The fourth-order valence-electron chi connectivity index (χ4n) is 8.44. The molecule has 0 aliphatic rings. The molecular formula is C55H106NO7+. The second-order valence-electron chi connectivity index (χ2n) is 19.8. The molecule has 63 heavy (non-hydrogen) atoms. The van der Waals surface area contributed by atoms with Crippen molar-refractivity contribution in [1.29, 1.82) is 0 Å². The highest BCUT2D eigenvalue weighted by Crippen LogP contribution is 2.17. The van der Waals surface area contributed by atoms with E-state index >= 15 is 0 Å². The molecule has 8 heteroatoms. The van der Waals surface area contributed by atoms with Crippen molar-refractivity contribution in [3.63, 3.8) is 0 Å². The van der Waals surface area contributed by atoms with E-state index in [1.165, 1.54) is 186 Å². The van der Waals surface area contributed by atoms with Crippen molar-refractivity contribution < 1.29 is 38.2 Å². The van der Waals surface area contributed by atoms with E-state index in [1.807, 2.05) is 21.1 Å². The van der Waals surface area contributed by atoms with Gasteiger partial charge in [0.25, 0.3) is 0 Å². The summed E-state index contributed by atoms with van der Waals surface area (Å²) in [6.07, 6.45) is 52.7. The standard InChI is InChI=1S/C55H105NO7/c1-6-8-10-12-14-16-18-20-22-23-24-25-26-27-28-29-30-32-33-35-37-39-41-43-45-53(57)62-50-51(49-61-48-47-52(55(59)60)56(3,4)5)63-54(58)46-44-42-40-38-36-34-31-21-19-17-15-13-11-9-7-2/h21,31,51-52H,6-20,22-30,32-50H2,1-5H3/p+1/b31-21-. The van der Waals surface area contributed by atoms with Gasteiger partial charge < -0.3 is 23.8 Å². The Kier molecular flexibility index (Phi) is 45.2. The van der Waals surface area contributed by atoms with E-state index < -0.39 is 18.1 Å². The molecule has 0 fully saturated rings. The third-order valence-electron chi connectivity index (χ3n) is 12.7. The van der Waals surface area contributed by atoms with Gasteiger partial charge in [-0.1, -0.05) is 225 Å². The SMILES string of the molecule is CCCCCCCC/C=C\CCCCCCCC(=O)OC(COCCC(C(=O)O)[N+](C)(C)C)COC(=O)CCCCCCCCCCCCCCCCCCCCCCCCCC. The third-order valence-corrected chi connectivity index (χ3v) is 12.7. The Morgan fingerprint density at radius 1 is 0.460 bits per heavy atom. The Balaban J connectivity index is 4.11. The largest absolute Gasteiger partial charge is 0.477 e. The van der Waals surface area contributed by atoms with Crippen molar-refractivity contribution in [2.24, 2.45) is 0 Å². The normalized spacial score (nSPS) is 12.8. The maximum absolute atomic E-state index is 12.8. The van der Waals surface area contributed by atoms with Crippen molar-refractivity contribution in [3.8, 4) is 0 Å². The van der Waals surface area contributed by atoms with Crippen LogP contribution in [-0.2, 0) is 28.6 Å². The van der Waals surface area contributed by atoms with Crippen molar-refractivity contribution in [2.45, 2.75) is 283 Å². The number of carboxylic acids is 1. The Bertz CT molecular complexity index is 1040. The molecule has 8 nitrogen and oxygen atoms in total. The van der Waals surface area contributed by atoms with Gasteiger partial charge in [0.2, 0.25) is 0 Å². The van der Waals surface area contributed by atoms with E-state index in [4.69, 9.17) is 14.2 Å². The van der Waals surface area contributed by atoms with E-state index in [-0.39, 0.29) is 36.2 Å². The average Bonchev–Trinajstić information content (AvgIpc) is 3.24. The number of hydrogen-bond donors (Lipinski definition) is 1. The minimum atomic E-state index is -0.872. The van der Waals surface area contributed by atoms with Crippen LogP contribution in [0.15, 0.2) is 12.2 Å². The highest BCUT2D eigenvalue weighted by atomic mass is 16.6. The number of esters is 2. The first-order valence-electron chi connectivity index (χ1n) is 27.2. The first kappa shape index (κ1) is 61.1. The second-order valence-corrected chi connectivity index (χ2v) is 19.8. The number of allylic oxidation sites excluding steroid dienone is 2. The topological polar surface area (TPSA) is 99.1 Å². The van der Waals surface area contributed by atoms with Gasteiger partial charge in [0.15, 0.2) is 12.1 Å². The molecule has 0 bridgehead atoms. The summed E-state index contributed by atoms with van der Waals surface area (Å²) >= 11 is 0. The Morgan fingerprint density at radius 2 is 0.794 bits per heavy atom. The molecule has 0 rings (SSSR count). The number of ether oxygens (including phenoxy) is 3. The Labute approximate surface area is 390 Å². The molecule has 372 valence electrons. The van der Waals surface area contributed by atoms with Crippen LogP contribution in [-0.4, -0.2) is 80.6 Å².